The molecule has 1 aliphatic rings. The number of halogens is 2. The number of fused-ring (bicyclic) bond motifs is 1. The zero-order chi connectivity index (χ0) is 19.1. The van der Waals surface area contributed by atoms with E-state index in [1.807, 2.05) is 0 Å². The molecule has 0 aliphatic carbocycles. The van der Waals surface area contributed by atoms with Gasteiger partial charge in [0.15, 0.2) is 0 Å². The van der Waals surface area contributed by atoms with Gasteiger partial charge >= 0.3 is 0 Å². The highest BCUT2D eigenvalue weighted by molar-refractivity contribution is 9.10. The van der Waals surface area contributed by atoms with Crippen molar-refractivity contribution in [3.05, 3.63) is 63.9 Å². The van der Waals surface area contributed by atoms with Crippen molar-refractivity contribution >= 4 is 31.9 Å². The molecule has 0 saturated heterocycles. The second-order valence-electron chi connectivity index (χ2n) is 5.68. The smallest absolute Gasteiger partial charge is 0.271 e. The van der Waals surface area contributed by atoms with Gasteiger partial charge in [-0.15, -0.1) is 0 Å². The zero-order valence-electron chi connectivity index (χ0n) is 13.8. The van der Waals surface area contributed by atoms with Crippen LogP contribution in [-0.4, -0.2) is 25.2 Å². The molecule has 2 aromatic carbocycles. The summed E-state index contributed by atoms with van der Waals surface area (Å²) in [5.41, 5.74) is 3.79. The maximum absolute atomic E-state index is 14.3. The number of rotatable bonds is 5. The number of hydrogen-bond acceptors (Lipinski definition) is 4. The van der Waals surface area contributed by atoms with Gasteiger partial charge < -0.3 is 10.5 Å². The summed E-state index contributed by atoms with van der Waals surface area (Å²) in [5, 5.41) is 0. The molecule has 0 saturated carbocycles. The van der Waals surface area contributed by atoms with Crippen LogP contribution in [-0.2, 0) is 31.8 Å². The number of primary amides is 1. The number of amides is 1. The Morgan fingerprint density at radius 1 is 1.31 bits per heavy atom. The Morgan fingerprint density at radius 3 is 2.62 bits per heavy atom. The fourth-order valence-corrected chi connectivity index (χ4v) is 5.27. The largest absolute Gasteiger partial charge is 0.366 e. The van der Waals surface area contributed by atoms with Gasteiger partial charge in [-0.2, -0.15) is 4.31 Å². The van der Waals surface area contributed by atoms with E-state index >= 15 is 0 Å². The van der Waals surface area contributed by atoms with E-state index in [0.29, 0.717) is 4.47 Å². The fraction of sp³-hybridized carbons (Fsp3) is 0.235. The van der Waals surface area contributed by atoms with E-state index < -0.39 is 34.0 Å². The third-order valence-electron chi connectivity index (χ3n) is 4.19. The molecular weight excluding hydrogens is 427 g/mol. The number of hydrogen-bond donors (Lipinski definition) is 1. The Balaban J connectivity index is 2.22. The summed E-state index contributed by atoms with van der Waals surface area (Å²) < 4.78 is 47.4. The molecule has 1 unspecified atom stereocenters. The van der Waals surface area contributed by atoms with E-state index in [0.717, 1.165) is 4.31 Å². The number of carbonyl (C=O) groups excluding carboxylic acids is 1. The van der Waals surface area contributed by atoms with Crippen LogP contribution in [0.5, 0.6) is 0 Å². The third kappa shape index (κ3) is 2.75. The first-order valence-electron chi connectivity index (χ1n) is 7.75. The van der Waals surface area contributed by atoms with Crippen molar-refractivity contribution in [3.8, 4) is 0 Å². The normalized spacial score (nSPS) is 21.5. The Morgan fingerprint density at radius 2 is 2.00 bits per heavy atom. The molecule has 1 heterocycles. The number of benzene rings is 2. The van der Waals surface area contributed by atoms with Crippen LogP contribution in [0.2, 0.25) is 0 Å². The summed E-state index contributed by atoms with van der Waals surface area (Å²) in [6.07, 6.45) is 0. The molecule has 1 atom stereocenters. The molecule has 2 aromatic rings. The van der Waals surface area contributed by atoms with Gasteiger partial charge in [0.25, 0.3) is 5.91 Å². The van der Waals surface area contributed by atoms with Crippen molar-refractivity contribution in [2.45, 2.75) is 24.1 Å². The lowest BCUT2D eigenvalue weighted by atomic mass is 10.0. The minimum absolute atomic E-state index is 0.0338. The maximum Gasteiger partial charge on any atom is 0.271 e. The molecule has 1 amide bonds. The SMILES string of the molecule is CCOC1(C(N)=O)c2ccccc2S(=O)(=O)N1Cc1ccc(Br)cc1F. The first-order valence-corrected chi connectivity index (χ1v) is 9.98. The summed E-state index contributed by atoms with van der Waals surface area (Å²) in [7, 11) is -4.12. The molecule has 2 N–H and O–H groups in total. The van der Waals surface area contributed by atoms with Gasteiger partial charge in [0.05, 0.1) is 4.90 Å². The van der Waals surface area contributed by atoms with E-state index in [1.54, 1.807) is 19.1 Å². The lowest BCUT2D eigenvalue weighted by molar-refractivity contribution is -0.165. The first kappa shape index (κ1) is 19.0. The van der Waals surface area contributed by atoms with Crippen LogP contribution in [0.3, 0.4) is 0 Å². The van der Waals surface area contributed by atoms with Gasteiger partial charge in [-0.3, -0.25) is 4.79 Å². The predicted octanol–water partition coefficient (Wildman–Crippen LogP) is 2.47. The summed E-state index contributed by atoms with van der Waals surface area (Å²) in [6, 6.07) is 10.2. The van der Waals surface area contributed by atoms with Crippen LogP contribution < -0.4 is 5.73 Å². The zero-order valence-corrected chi connectivity index (χ0v) is 16.2. The van der Waals surface area contributed by atoms with Gasteiger partial charge in [-0.05, 0) is 25.1 Å². The minimum atomic E-state index is -4.12. The number of nitrogens with zero attached hydrogens (tertiary/aromatic N) is 1. The van der Waals surface area contributed by atoms with Gasteiger partial charge in [0.1, 0.15) is 5.82 Å². The topological polar surface area (TPSA) is 89.7 Å². The average Bonchev–Trinajstić information content (AvgIpc) is 2.77. The second-order valence-corrected chi connectivity index (χ2v) is 8.43. The lowest BCUT2D eigenvalue weighted by Crippen LogP contribution is -2.54. The summed E-state index contributed by atoms with van der Waals surface area (Å²) in [6.45, 7) is 1.25. The number of ether oxygens (including phenoxy) is 1. The van der Waals surface area contributed by atoms with Gasteiger partial charge in [0, 0.05) is 28.8 Å². The quantitative estimate of drug-likeness (QED) is 0.769. The lowest BCUT2D eigenvalue weighted by Gasteiger charge is -2.34. The molecular formula is C17H16BrFN2O4S. The van der Waals surface area contributed by atoms with Crippen LogP contribution in [0.15, 0.2) is 51.8 Å². The molecule has 0 radical (unpaired) electrons. The summed E-state index contributed by atoms with van der Waals surface area (Å²) >= 11 is 3.15. The van der Waals surface area contributed by atoms with Crippen molar-refractivity contribution < 1.29 is 22.3 Å². The van der Waals surface area contributed by atoms with E-state index in [-0.39, 0.29) is 22.6 Å². The molecule has 0 spiro atoms. The Kier molecular flexibility index (Phi) is 4.91. The standard InChI is InChI=1S/C17H16BrFN2O4S/c1-2-25-17(16(20)22)13-5-3-4-6-15(13)26(23,24)21(17)10-11-7-8-12(18)9-14(11)19/h3-9H,2,10H2,1H3,(H2,20,22). The van der Waals surface area contributed by atoms with Gasteiger partial charge in [-0.25, -0.2) is 12.8 Å². The van der Waals surface area contributed by atoms with Crippen LogP contribution in [0.1, 0.15) is 18.1 Å². The number of sulfonamides is 1. The van der Waals surface area contributed by atoms with Crippen LogP contribution in [0.25, 0.3) is 0 Å². The molecule has 138 valence electrons. The van der Waals surface area contributed by atoms with Gasteiger partial charge in [0.2, 0.25) is 15.7 Å². The third-order valence-corrected chi connectivity index (χ3v) is 6.56. The average molecular weight is 443 g/mol. The van der Waals surface area contributed by atoms with Gasteiger partial charge in [-0.1, -0.05) is 40.2 Å². The molecule has 0 fully saturated rings. The van der Waals surface area contributed by atoms with Crippen molar-refractivity contribution in [1.82, 2.24) is 4.31 Å². The Hall–Kier alpha value is -1.81. The molecule has 3 rings (SSSR count). The highest BCUT2D eigenvalue weighted by atomic mass is 79.9. The van der Waals surface area contributed by atoms with E-state index in [4.69, 9.17) is 10.5 Å². The van der Waals surface area contributed by atoms with E-state index in [1.165, 1.54) is 30.3 Å². The van der Waals surface area contributed by atoms with Crippen LogP contribution in [0, 0.1) is 5.82 Å². The second kappa shape index (κ2) is 6.73. The molecule has 26 heavy (non-hydrogen) atoms. The monoisotopic (exact) mass is 442 g/mol. The maximum atomic E-state index is 14.3. The minimum Gasteiger partial charge on any atom is -0.366 e. The van der Waals surface area contributed by atoms with E-state index in [2.05, 4.69) is 15.9 Å². The first-order chi connectivity index (χ1) is 12.2. The molecule has 0 bridgehead atoms. The van der Waals surface area contributed by atoms with Crippen molar-refractivity contribution in [2.75, 3.05) is 6.61 Å². The van der Waals surface area contributed by atoms with Crippen molar-refractivity contribution in [2.24, 2.45) is 5.73 Å². The van der Waals surface area contributed by atoms with Crippen molar-refractivity contribution in [3.63, 3.8) is 0 Å². The van der Waals surface area contributed by atoms with Crippen molar-refractivity contribution in [1.29, 1.82) is 0 Å². The van der Waals surface area contributed by atoms with Crippen LogP contribution in [0.4, 0.5) is 4.39 Å². The summed E-state index contributed by atoms with van der Waals surface area (Å²) in [4.78, 5) is 12.3. The number of carbonyl (C=O) groups is 1. The summed E-state index contributed by atoms with van der Waals surface area (Å²) in [5.74, 6) is -1.59. The fourth-order valence-electron chi connectivity index (χ4n) is 3.08. The van der Waals surface area contributed by atoms with E-state index in [9.17, 15) is 17.6 Å². The number of nitrogens with two attached hydrogens (primary N) is 1. The predicted molar refractivity (Wildman–Crippen MR) is 95.8 cm³/mol. The Labute approximate surface area is 158 Å². The molecule has 9 heteroatoms. The molecule has 1 aliphatic heterocycles. The highest BCUT2D eigenvalue weighted by Gasteiger charge is 2.59. The Bertz CT molecular complexity index is 982. The molecule has 0 aromatic heterocycles. The highest BCUT2D eigenvalue weighted by Crippen LogP contribution is 2.46. The van der Waals surface area contributed by atoms with Crippen LogP contribution >= 0.6 is 15.9 Å². The molecule has 6 nitrogen and oxygen atoms in total.